The Morgan fingerprint density at radius 2 is 2.11 bits per heavy atom. The zero-order chi connectivity index (χ0) is 20.1. The largest absolute Gasteiger partial charge is 0.387 e. The number of fused-ring (bicyclic) bond motifs is 1. The number of carbonyl (C=O) groups excluding carboxylic acids is 1. The van der Waals surface area contributed by atoms with Gasteiger partial charge in [0.05, 0.1) is 0 Å². The first-order valence-electron chi connectivity index (χ1n) is 7.79. The molecule has 144 valence electrons. The van der Waals surface area contributed by atoms with Crippen LogP contribution in [0.3, 0.4) is 0 Å². The summed E-state index contributed by atoms with van der Waals surface area (Å²) in [6.07, 6.45) is -2.64. The summed E-state index contributed by atoms with van der Waals surface area (Å²) in [5.74, 6) is 1.81. The average molecular weight is 403 g/mol. The Morgan fingerprint density at radius 1 is 1.32 bits per heavy atom. The van der Waals surface area contributed by atoms with Crippen molar-refractivity contribution in [3.05, 3.63) is 28.7 Å². The smallest absolute Gasteiger partial charge is 0.286 e. The lowest BCUT2D eigenvalue weighted by Gasteiger charge is -2.27. The summed E-state index contributed by atoms with van der Waals surface area (Å²) in [5, 5.41) is 33.3. The zero-order valence-corrected chi connectivity index (χ0v) is 14.7. The first-order chi connectivity index (χ1) is 13.3. The van der Waals surface area contributed by atoms with Gasteiger partial charge in [-0.1, -0.05) is 0 Å². The van der Waals surface area contributed by atoms with Crippen molar-refractivity contribution in [2.24, 2.45) is 5.73 Å². The van der Waals surface area contributed by atoms with Gasteiger partial charge in [-0.25, -0.2) is 19.9 Å². The number of carbonyl (C=O) groups is 1. The Morgan fingerprint density at radius 3 is 2.75 bits per heavy atom. The summed E-state index contributed by atoms with van der Waals surface area (Å²) in [7, 11) is 0. The number of primary amides is 1. The highest BCUT2D eigenvalue weighted by atomic mass is 32.1. The molecule has 28 heavy (non-hydrogen) atoms. The minimum Gasteiger partial charge on any atom is -0.387 e. The maximum atomic E-state index is 11.4. The Labute approximate surface area is 160 Å². The van der Waals surface area contributed by atoms with Crippen LogP contribution < -0.4 is 11.5 Å². The second-order valence-electron chi connectivity index (χ2n) is 5.84. The fourth-order valence-electron chi connectivity index (χ4n) is 2.75. The zero-order valence-electron chi connectivity index (χ0n) is 13.9. The van der Waals surface area contributed by atoms with E-state index < -0.39 is 30.1 Å². The molecule has 4 atom stereocenters. The van der Waals surface area contributed by atoms with Gasteiger partial charge in [0.15, 0.2) is 28.7 Å². The number of aliphatic hydroxyl groups excluding tert-OH is 2. The van der Waals surface area contributed by atoms with Crippen LogP contribution in [0.4, 0.5) is 5.82 Å². The van der Waals surface area contributed by atoms with E-state index in [9.17, 15) is 20.1 Å². The fourth-order valence-corrected chi connectivity index (χ4v) is 3.23. The van der Waals surface area contributed by atoms with E-state index in [1.165, 1.54) is 11.3 Å². The summed E-state index contributed by atoms with van der Waals surface area (Å²) >= 11 is 1.32. The fraction of sp³-hybridized carbons (Fsp3) is 0.267. The SMILES string of the molecule is NC(=O)[C@H]1O[C@](O)(n2cnc3c(N)nc(C#Cc4nccs4)nc32)[C@H](O)[C@@H]1O. The van der Waals surface area contributed by atoms with E-state index in [-0.39, 0.29) is 22.8 Å². The number of anilines is 1. The summed E-state index contributed by atoms with van der Waals surface area (Å²) in [6.45, 7) is 0. The Hall–Kier alpha value is -3.15. The van der Waals surface area contributed by atoms with Crippen molar-refractivity contribution in [3.63, 3.8) is 0 Å². The molecule has 0 saturated carbocycles. The number of aromatic nitrogens is 5. The third-order valence-corrected chi connectivity index (χ3v) is 4.77. The molecule has 3 aromatic rings. The number of amides is 1. The molecule has 1 aliphatic rings. The molecule has 0 aliphatic carbocycles. The van der Waals surface area contributed by atoms with Gasteiger partial charge >= 0.3 is 0 Å². The van der Waals surface area contributed by atoms with Crippen LogP contribution in [0, 0.1) is 11.8 Å². The van der Waals surface area contributed by atoms with Crippen molar-refractivity contribution in [2.45, 2.75) is 24.2 Å². The van der Waals surface area contributed by atoms with E-state index in [1.807, 2.05) is 0 Å². The molecule has 1 fully saturated rings. The van der Waals surface area contributed by atoms with Crippen LogP contribution in [0.15, 0.2) is 17.9 Å². The van der Waals surface area contributed by atoms with Crippen molar-refractivity contribution in [1.29, 1.82) is 0 Å². The van der Waals surface area contributed by atoms with Gasteiger partial charge in [-0.3, -0.25) is 9.36 Å². The molecular formula is C15H13N7O5S. The first-order valence-corrected chi connectivity index (χ1v) is 8.67. The Bertz CT molecular complexity index is 1120. The molecule has 0 radical (unpaired) electrons. The highest BCUT2D eigenvalue weighted by molar-refractivity contribution is 7.10. The lowest BCUT2D eigenvalue weighted by molar-refractivity contribution is -0.282. The van der Waals surface area contributed by atoms with Crippen LogP contribution in [0.5, 0.6) is 0 Å². The van der Waals surface area contributed by atoms with Gasteiger partial charge < -0.3 is 31.5 Å². The second kappa shape index (κ2) is 6.48. The summed E-state index contributed by atoms with van der Waals surface area (Å²) < 4.78 is 6.07. The number of hydrogen-bond acceptors (Lipinski definition) is 11. The van der Waals surface area contributed by atoms with Crippen LogP contribution in [-0.2, 0) is 15.4 Å². The van der Waals surface area contributed by atoms with Gasteiger partial charge in [0.2, 0.25) is 11.7 Å². The highest BCUT2D eigenvalue weighted by Gasteiger charge is 2.57. The number of nitrogen functional groups attached to an aromatic ring is 1. The molecule has 4 rings (SSSR count). The molecule has 4 heterocycles. The third-order valence-electron chi connectivity index (χ3n) is 4.08. The van der Waals surface area contributed by atoms with Crippen LogP contribution in [0.25, 0.3) is 11.2 Å². The predicted molar refractivity (Wildman–Crippen MR) is 94.1 cm³/mol. The Kier molecular flexibility index (Phi) is 4.22. The number of thiazole rings is 1. The molecule has 13 heteroatoms. The minimum atomic E-state index is -2.56. The van der Waals surface area contributed by atoms with Gasteiger partial charge in [0.1, 0.15) is 17.9 Å². The average Bonchev–Trinajstić information content (AvgIpc) is 3.36. The lowest BCUT2D eigenvalue weighted by atomic mass is 10.1. The Balaban J connectivity index is 1.81. The van der Waals surface area contributed by atoms with Gasteiger partial charge in [0.25, 0.3) is 5.91 Å². The molecule has 1 saturated heterocycles. The van der Waals surface area contributed by atoms with Crippen LogP contribution in [0.2, 0.25) is 0 Å². The summed E-state index contributed by atoms with van der Waals surface area (Å²) in [5.41, 5.74) is 11.1. The third kappa shape index (κ3) is 2.76. The first kappa shape index (κ1) is 18.2. The predicted octanol–water partition coefficient (Wildman–Crippen LogP) is -2.53. The van der Waals surface area contributed by atoms with E-state index in [0.717, 1.165) is 10.9 Å². The molecule has 3 aromatic heterocycles. The van der Waals surface area contributed by atoms with Crippen molar-refractivity contribution >= 4 is 34.2 Å². The van der Waals surface area contributed by atoms with Crippen LogP contribution in [0.1, 0.15) is 10.8 Å². The van der Waals surface area contributed by atoms with Crippen LogP contribution >= 0.6 is 11.3 Å². The van der Waals surface area contributed by atoms with E-state index in [4.69, 9.17) is 16.2 Å². The summed E-state index contributed by atoms with van der Waals surface area (Å²) in [6, 6.07) is 0. The maximum Gasteiger partial charge on any atom is 0.286 e. The quantitative estimate of drug-likeness (QED) is 0.285. The van der Waals surface area contributed by atoms with E-state index in [0.29, 0.717) is 5.01 Å². The lowest BCUT2D eigenvalue weighted by Crippen LogP contribution is -2.45. The molecule has 0 aromatic carbocycles. The second-order valence-corrected chi connectivity index (χ2v) is 6.74. The molecule has 0 unspecified atom stereocenters. The maximum absolute atomic E-state index is 11.4. The van der Waals surface area contributed by atoms with E-state index in [2.05, 4.69) is 31.8 Å². The molecule has 1 aliphatic heterocycles. The van der Waals surface area contributed by atoms with E-state index >= 15 is 0 Å². The van der Waals surface area contributed by atoms with Crippen LogP contribution in [-0.4, -0.2) is 64.0 Å². The number of imidazole rings is 1. The number of nitrogens with zero attached hydrogens (tertiary/aromatic N) is 5. The molecule has 0 bridgehead atoms. The number of aliphatic hydroxyl groups is 3. The van der Waals surface area contributed by atoms with Gasteiger partial charge in [-0.05, 0) is 11.8 Å². The normalized spacial score (nSPS) is 26.9. The molecule has 0 spiro atoms. The molecular weight excluding hydrogens is 390 g/mol. The standard InChI is InChI=1S/C15H13N7O5S/c16-12-8-14(21-6(20-12)1-2-7-18-3-4-28-7)22(5-19-8)15(26)11(24)9(23)10(27-15)13(17)25/h3-5,9-11,23-24,26H,(H2,17,25)(H2,16,20,21)/t9-,10+,11-,15+/m1/s1. The highest BCUT2D eigenvalue weighted by Crippen LogP contribution is 2.35. The molecule has 1 amide bonds. The van der Waals surface area contributed by atoms with Gasteiger partial charge in [0, 0.05) is 11.6 Å². The van der Waals surface area contributed by atoms with Crippen molar-refractivity contribution in [3.8, 4) is 11.8 Å². The van der Waals surface area contributed by atoms with Gasteiger partial charge in [-0.15, -0.1) is 11.3 Å². The molecule has 7 N–H and O–H groups in total. The number of rotatable bonds is 2. The summed E-state index contributed by atoms with van der Waals surface area (Å²) in [4.78, 5) is 27.6. The number of hydrogen-bond donors (Lipinski definition) is 5. The topological polar surface area (TPSA) is 196 Å². The molecule has 12 nitrogen and oxygen atoms in total. The minimum absolute atomic E-state index is 0.00466. The van der Waals surface area contributed by atoms with Crippen molar-refractivity contribution < 1.29 is 24.9 Å². The van der Waals surface area contributed by atoms with Crippen molar-refractivity contribution in [2.75, 3.05) is 5.73 Å². The monoisotopic (exact) mass is 403 g/mol. The van der Waals surface area contributed by atoms with Gasteiger partial charge in [-0.2, -0.15) is 0 Å². The van der Waals surface area contributed by atoms with Crippen molar-refractivity contribution in [1.82, 2.24) is 24.5 Å². The number of ether oxygens (including phenoxy) is 1. The van der Waals surface area contributed by atoms with E-state index in [1.54, 1.807) is 11.6 Å². The number of nitrogens with two attached hydrogens (primary N) is 2.